The van der Waals surface area contributed by atoms with Gasteiger partial charge in [0.25, 0.3) is 0 Å². The van der Waals surface area contributed by atoms with Crippen molar-refractivity contribution in [2.45, 2.75) is 170 Å². The largest absolute Gasteiger partial charge is 0.493 e. The molecule has 0 saturated heterocycles. The van der Waals surface area contributed by atoms with Crippen LogP contribution in [0.25, 0.3) is 66.1 Å². The summed E-state index contributed by atoms with van der Waals surface area (Å²) in [6.07, 6.45) is 15.8. The van der Waals surface area contributed by atoms with E-state index in [4.69, 9.17) is 48.6 Å². The molecular weight excluding hydrogens is 1210 g/mol. The highest BCUT2D eigenvalue weighted by molar-refractivity contribution is 7.16. The molecule has 26 heteroatoms. The van der Waals surface area contributed by atoms with Gasteiger partial charge >= 0.3 is 12.2 Å². The maximum atomic E-state index is 12.6. The highest BCUT2D eigenvalue weighted by Gasteiger charge is 2.31. The quantitative estimate of drug-likeness (QED) is 0.0512. The fourth-order valence-electron chi connectivity index (χ4n) is 10.4. The zero-order valence-electron chi connectivity index (χ0n) is 55.8. The van der Waals surface area contributed by atoms with Crippen LogP contribution in [-0.4, -0.2) is 162 Å². The predicted octanol–water partition coefficient (Wildman–Crippen LogP) is 14.4. The van der Waals surface area contributed by atoms with Crippen molar-refractivity contribution in [3.05, 3.63) is 82.9 Å². The number of rotatable bonds is 20. The molecule has 10 heterocycles. The lowest BCUT2D eigenvalue weighted by molar-refractivity contribution is 0.0260. The van der Waals surface area contributed by atoms with Crippen LogP contribution in [0.2, 0.25) is 51.4 Å². The first-order chi connectivity index (χ1) is 42.5. The average Bonchev–Trinajstić information content (AvgIpc) is 1.68. The molecule has 0 fully saturated rings. The van der Waals surface area contributed by atoms with Crippen LogP contribution in [0, 0.1) is 0 Å². The molecule has 0 unspecified atom stereocenters. The first-order valence-electron chi connectivity index (χ1n) is 30.9. The average molecular weight is 1300 g/mol. The number of nitrogens with zero attached hydrogens (tertiary/aromatic N) is 14. The number of thiazole rings is 2. The number of pyridine rings is 2. The Labute approximate surface area is 538 Å². The fraction of sp³-hybridized carbons (Fsp3) is 0.531. The second-order valence-corrected chi connectivity index (χ2v) is 41.1. The second kappa shape index (κ2) is 27.8. The maximum absolute atomic E-state index is 12.6. The number of aromatic nitrogens is 12. The Hall–Kier alpha value is -7.11. The highest BCUT2D eigenvalue weighted by Crippen LogP contribution is 2.44. The number of carbonyl (C=O) groups excluding carboxylic acids is 2. The Morgan fingerprint density at radius 3 is 1.30 bits per heavy atom. The van der Waals surface area contributed by atoms with Crippen LogP contribution in [-0.2, 0) is 32.4 Å². The molecule has 484 valence electrons. The van der Waals surface area contributed by atoms with E-state index in [0.717, 1.165) is 88.0 Å². The lowest BCUT2D eigenvalue weighted by Gasteiger charge is -2.29. The standard InChI is InChI=1S/2C32H45N7O4SSi/c2*1-21(2)26-27(25-17-33-30(44-25)22-10-12-37(13-11-22)31(40)43-32(3,4)5)36-39(20-42-14-15-45(7,8)9)28(26)23-16-24(41-6)29-34-19-35-38(29)18-23/h2*10,16-19,21H,11-15,20H2,1-9H3. The van der Waals surface area contributed by atoms with Gasteiger partial charge in [0.1, 0.15) is 58.7 Å². The van der Waals surface area contributed by atoms with Crippen molar-refractivity contribution in [3.8, 4) is 55.2 Å². The van der Waals surface area contributed by atoms with E-state index in [0.29, 0.717) is 88.5 Å². The van der Waals surface area contributed by atoms with Crippen molar-refractivity contribution in [3.63, 3.8) is 0 Å². The Morgan fingerprint density at radius 2 is 0.978 bits per heavy atom. The molecule has 90 heavy (non-hydrogen) atoms. The summed E-state index contributed by atoms with van der Waals surface area (Å²) in [6.45, 7) is 38.3. The van der Waals surface area contributed by atoms with Crippen LogP contribution >= 0.6 is 22.7 Å². The normalized spacial score (nSPS) is 14.4. The molecule has 0 atom stereocenters. The van der Waals surface area contributed by atoms with Gasteiger partial charge < -0.3 is 38.2 Å². The lowest BCUT2D eigenvalue weighted by atomic mass is 9.96. The number of ether oxygens (including phenoxy) is 6. The van der Waals surface area contributed by atoms with Crippen molar-refractivity contribution in [1.29, 1.82) is 0 Å². The van der Waals surface area contributed by atoms with Gasteiger partial charge in [-0.2, -0.15) is 20.4 Å². The van der Waals surface area contributed by atoms with Gasteiger partial charge in [0, 0.05) is 103 Å². The number of fused-ring (bicyclic) bond motifs is 2. The molecule has 0 aliphatic carbocycles. The van der Waals surface area contributed by atoms with Crippen LogP contribution in [0.3, 0.4) is 0 Å². The minimum absolute atomic E-state index is 0.157. The van der Waals surface area contributed by atoms with Crippen molar-refractivity contribution < 1.29 is 38.0 Å². The molecular formula is C64H90N14O8S2Si2. The van der Waals surface area contributed by atoms with Gasteiger partial charge in [0.15, 0.2) is 22.8 Å². The van der Waals surface area contributed by atoms with E-state index < -0.39 is 27.3 Å². The Bertz CT molecular complexity index is 3640. The Morgan fingerprint density at radius 1 is 0.589 bits per heavy atom. The Kier molecular flexibility index (Phi) is 20.8. The van der Waals surface area contributed by atoms with Crippen LogP contribution in [0.5, 0.6) is 11.5 Å². The van der Waals surface area contributed by atoms with Gasteiger partial charge in [-0.05, 0) is 102 Å². The zero-order chi connectivity index (χ0) is 65.0. The van der Waals surface area contributed by atoms with Gasteiger partial charge in [-0.3, -0.25) is 0 Å². The van der Waals surface area contributed by atoms with E-state index in [1.165, 1.54) is 12.7 Å². The first kappa shape index (κ1) is 67.3. The second-order valence-electron chi connectivity index (χ2n) is 27.7. The summed E-state index contributed by atoms with van der Waals surface area (Å²) in [5.41, 5.74) is 10.3. The van der Waals surface area contributed by atoms with Gasteiger partial charge in [-0.15, -0.1) is 22.7 Å². The van der Waals surface area contributed by atoms with Crippen molar-refractivity contribution in [2.75, 3.05) is 53.6 Å². The third-order valence-electron chi connectivity index (χ3n) is 15.0. The van der Waals surface area contributed by atoms with Crippen LogP contribution in [0.4, 0.5) is 9.59 Å². The SMILES string of the molecule is COc1cc(-c2c(C(C)C)c(-c3cnc(C4=CCN(C(=O)OC(C)(C)C)CC4)s3)nn2COCC[Si](C)(C)C)cn2ncnc12.COc1cc(-c2c(C(C)C)c(-c3cnc(C4=CCN(C(=O)OC(C)(C)C)CC4)s3)nn2COCC[Si](C)(C)C)cn2ncnc12. The summed E-state index contributed by atoms with van der Waals surface area (Å²) in [5, 5.41) is 21.0. The molecule has 0 radical (unpaired) electrons. The zero-order valence-corrected chi connectivity index (χ0v) is 59.4. The third-order valence-corrected chi connectivity index (χ3v) is 20.5. The van der Waals surface area contributed by atoms with Gasteiger partial charge in [-0.1, -0.05) is 79.1 Å². The number of methoxy groups -OCH3 is 2. The summed E-state index contributed by atoms with van der Waals surface area (Å²) in [5.74, 6) is 1.59. The number of carbonyl (C=O) groups is 2. The molecule has 0 bridgehead atoms. The van der Waals surface area contributed by atoms with E-state index in [9.17, 15) is 9.59 Å². The fourth-order valence-corrected chi connectivity index (χ4v) is 13.9. The lowest BCUT2D eigenvalue weighted by Crippen LogP contribution is -2.39. The van der Waals surface area contributed by atoms with E-state index in [-0.39, 0.29) is 24.0 Å². The van der Waals surface area contributed by atoms with Crippen molar-refractivity contribution in [2.24, 2.45) is 0 Å². The number of hydrogen-bond donors (Lipinski definition) is 0. The molecule has 2 aliphatic heterocycles. The Balaban J connectivity index is 0.000000213. The highest BCUT2D eigenvalue weighted by atomic mass is 32.1. The molecule has 2 amide bonds. The molecule has 2 aliphatic rings. The molecule has 0 saturated carbocycles. The van der Waals surface area contributed by atoms with Gasteiger partial charge in [0.2, 0.25) is 0 Å². The monoisotopic (exact) mass is 1300 g/mol. The maximum Gasteiger partial charge on any atom is 0.410 e. The molecule has 22 nitrogen and oxygen atoms in total. The van der Waals surface area contributed by atoms with Crippen LogP contribution in [0.15, 0.2) is 61.7 Å². The molecule has 8 aromatic heterocycles. The van der Waals surface area contributed by atoms with Crippen molar-refractivity contribution >= 4 is 73.4 Å². The number of hydrogen-bond acceptors (Lipinski definition) is 18. The summed E-state index contributed by atoms with van der Waals surface area (Å²) in [7, 11) is 0.787. The van der Waals surface area contributed by atoms with E-state index >= 15 is 0 Å². The van der Waals surface area contributed by atoms with Gasteiger partial charge in [-0.25, -0.2) is 47.9 Å². The molecule has 0 N–H and O–H groups in total. The minimum atomic E-state index is -1.25. The van der Waals surface area contributed by atoms with E-state index in [2.05, 4.69) is 99.3 Å². The summed E-state index contributed by atoms with van der Waals surface area (Å²) < 4.78 is 42.4. The summed E-state index contributed by atoms with van der Waals surface area (Å²) in [6, 6.07) is 6.14. The van der Waals surface area contributed by atoms with E-state index in [1.54, 1.807) is 55.7 Å². The van der Waals surface area contributed by atoms with Gasteiger partial charge in [0.05, 0.1) is 35.4 Å². The summed E-state index contributed by atoms with van der Waals surface area (Å²) >= 11 is 3.25. The minimum Gasteiger partial charge on any atom is -0.493 e. The molecule has 8 aromatic rings. The molecule has 10 rings (SSSR count). The van der Waals surface area contributed by atoms with E-state index in [1.807, 2.05) is 87.8 Å². The smallest absolute Gasteiger partial charge is 0.410 e. The predicted molar refractivity (Wildman–Crippen MR) is 361 cm³/mol. The number of amides is 2. The van der Waals surface area contributed by atoms with Crippen LogP contribution < -0.4 is 9.47 Å². The molecule has 0 spiro atoms. The molecule has 0 aromatic carbocycles. The summed E-state index contributed by atoms with van der Waals surface area (Å²) in [4.78, 5) is 48.9. The third kappa shape index (κ3) is 16.5. The first-order valence-corrected chi connectivity index (χ1v) is 39.9. The topological polar surface area (TPSA) is 218 Å². The van der Waals surface area contributed by atoms with Crippen molar-refractivity contribution in [1.82, 2.24) is 68.5 Å². The van der Waals surface area contributed by atoms with Crippen LogP contribution in [0.1, 0.15) is 115 Å².